The first-order valence-electron chi connectivity index (χ1n) is 6.77. The summed E-state index contributed by atoms with van der Waals surface area (Å²) in [7, 11) is 3.15. The van der Waals surface area contributed by atoms with E-state index >= 15 is 0 Å². The smallest absolute Gasteiger partial charge is 0.379 e. The lowest BCUT2D eigenvalue weighted by molar-refractivity contribution is -0.144. The van der Waals surface area contributed by atoms with Crippen LogP contribution in [0.3, 0.4) is 0 Å². The molecule has 2 atom stereocenters. The standard InChI is InChI=1S/C13H19F3N4O/c1-8-4-5-20(7-9(8)21-3)11-6-10(17-2)18-12(19-11)13(14,15)16/h6,8-9H,4-5,7H2,1-3H3,(H,17,18,19). The van der Waals surface area contributed by atoms with Crippen LogP contribution in [-0.4, -0.2) is 43.3 Å². The van der Waals surface area contributed by atoms with Gasteiger partial charge in [-0.2, -0.15) is 13.2 Å². The van der Waals surface area contributed by atoms with E-state index in [1.807, 2.05) is 4.90 Å². The third-order valence-corrected chi connectivity index (χ3v) is 3.74. The molecule has 21 heavy (non-hydrogen) atoms. The number of anilines is 2. The highest BCUT2D eigenvalue weighted by molar-refractivity contribution is 5.50. The Bertz CT molecular complexity index is 495. The number of nitrogens with one attached hydrogen (secondary N) is 1. The third kappa shape index (κ3) is 3.55. The minimum Gasteiger partial charge on any atom is -0.379 e. The third-order valence-electron chi connectivity index (χ3n) is 3.74. The van der Waals surface area contributed by atoms with Crippen molar-refractivity contribution in [3.05, 3.63) is 11.9 Å². The van der Waals surface area contributed by atoms with Crippen molar-refractivity contribution in [2.75, 3.05) is 37.5 Å². The Morgan fingerprint density at radius 3 is 2.67 bits per heavy atom. The maximum Gasteiger partial charge on any atom is 0.451 e. The fraction of sp³-hybridized carbons (Fsp3) is 0.692. The molecule has 1 aromatic rings. The lowest BCUT2D eigenvalue weighted by atomic mass is 9.96. The summed E-state index contributed by atoms with van der Waals surface area (Å²) in [5.41, 5.74) is 0. The molecule has 8 heteroatoms. The fourth-order valence-corrected chi connectivity index (χ4v) is 2.40. The zero-order valence-electron chi connectivity index (χ0n) is 12.2. The van der Waals surface area contributed by atoms with Crippen molar-refractivity contribution in [3.8, 4) is 0 Å². The maximum atomic E-state index is 12.9. The molecule has 0 spiro atoms. The summed E-state index contributed by atoms with van der Waals surface area (Å²) in [4.78, 5) is 8.94. The topological polar surface area (TPSA) is 50.3 Å². The molecule has 0 radical (unpaired) electrons. The molecular formula is C13H19F3N4O. The second kappa shape index (κ2) is 6.05. The van der Waals surface area contributed by atoms with E-state index in [0.717, 1.165) is 6.42 Å². The molecule has 118 valence electrons. The van der Waals surface area contributed by atoms with E-state index < -0.39 is 12.0 Å². The molecule has 0 amide bonds. The van der Waals surface area contributed by atoms with E-state index in [4.69, 9.17) is 4.74 Å². The lowest BCUT2D eigenvalue weighted by Gasteiger charge is -2.37. The Balaban J connectivity index is 2.30. The number of nitrogens with zero attached hydrogens (tertiary/aromatic N) is 3. The molecule has 1 aliphatic heterocycles. The molecule has 0 aliphatic carbocycles. The Labute approximate surface area is 121 Å². The average molecular weight is 304 g/mol. The molecule has 2 heterocycles. The quantitative estimate of drug-likeness (QED) is 0.929. The van der Waals surface area contributed by atoms with Gasteiger partial charge in [0.15, 0.2) is 0 Å². The van der Waals surface area contributed by atoms with Crippen LogP contribution in [0.15, 0.2) is 6.07 Å². The van der Waals surface area contributed by atoms with Gasteiger partial charge < -0.3 is 15.0 Å². The number of hydrogen-bond acceptors (Lipinski definition) is 5. The first kappa shape index (κ1) is 15.8. The van der Waals surface area contributed by atoms with Crippen molar-refractivity contribution in [2.24, 2.45) is 5.92 Å². The van der Waals surface area contributed by atoms with E-state index in [-0.39, 0.29) is 17.7 Å². The van der Waals surface area contributed by atoms with Crippen LogP contribution in [0.4, 0.5) is 24.8 Å². The van der Waals surface area contributed by atoms with E-state index in [1.54, 1.807) is 7.11 Å². The summed E-state index contributed by atoms with van der Waals surface area (Å²) in [6, 6.07) is 1.53. The second-order valence-electron chi connectivity index (χ2n) is 5.17. The number of piperidine rings is 1. The number of ether oxygens (including phenoxy) is 1. The highest BCUT2D eigenvalue weighted by Crippen LogP contribution is 2.30. The molecule has 0 saturated carbocycles. The van der Waals surface area contributed by atoms with Crippen LogP contribution >= 0.6 is 0 Å². The highest BCUT2D eigenvalue weighted by atomic mass is 19.4. The van der Waals surface area contributed by atoms with E-state index in [1.165, 1.54) is 13.1 Å². The molecule has 1 saturated heterocycles. The zero-order valence-corrected chi connectivity index (χ0v) is 12.2. The summed E-state index contributed by atoms with van der Waals surface area (Å²) < 4.78 is 44.0. The number of halogens is 3. The molecule has 2 rings (SSSR count). The van der Waals surface area contributed by atoms with Crippen LogP contribution in [0.5, 0.6) is 0 Å². The van der Waals surface area contributed by atoms with Crippen LogP contribution in [-0.2, 0) is 10.9 Å². The molecule has 0 aromatic carbocycles. The molecule has 2 unspecified atom stereocenters. The molecule has 1 aliphatic rings. The van der Waals surface area contributed by atoms with Gasteiger partial charge in [0.05, 0.1) is 6.10 Å². The van der Waals surface area contributed by atoms with Gasteiger partial charge in [0, 0.05) is 33.3 Å². The lowest BCUT2D eigenvalue weighted by Crippen LogP contribution is -2.44. The molecule has 1 N–H and O–H groups in total. The Kier molecular flexibility index (Phi) is 4.55. The predicted molar refractivity (Wildman–Crippen MR) is 73.4 cm³/mol. The van der Waals surface area contributed by atoms with Gasteiger partial charge in [0.2, 0.25) is 5.82 Å². The minimum atomic E-state index is -4.56. The maximum absolute atomic E-state index is 12.9. The van der Waals surface area contributed by atoms with Gasteiger partial charge in [-0.3, -0.25) is 0 Å². The number of rotatable bonds is 3. The highest BCUT2D eigenvalue weighted by Gasteiger charge is 2.36. The van der Waals surface area contributed by atoms with Crippen LogP contribution in [0.25, 0.3) is 0 Å². The summed E-state index contributed by atoms with van der Waals surface area (Å²) in [5, 5.41) is 2.64. The Hall–Kier alpha value is -1.57. The van der Waals surface area contributed by atoms with Gasteiger partial charge >= 0.3 is 6.18 Å². The van der Waals surface area contributed by atoms with Gasteiger partial charge in [-0.15, -0.1) is 0 Å². The van der Waals surface area contributed by atoms with Crippen molar-refractivity contribution in [2.45, 2.75) is 25.6 Å². The van der Waals surface area contributed by atoms with E-state index in [9.17, 15) is 13.2 Å². The van der Waals surface area contributed by atoms with Gasteiger partial charge in [-0.1, -0.05) is 6.92 Å². The van der Waals surface area contributed by atoms with Crippen molar-refractivity contribution in [1.29, 1.82) is 0 Å². The van der Waals surface area contributed by atoms with Crippen LogP contribution in [0.1, 0.15) is 19.2 Å². The fourth-order valence-electron chi connectivity index (χ4n) is 2.40. The first-order chi connectivity index (χ1) is 9.85. The summed E-state index contributed by atoms with van der Waals surface area (Å²) in [6.45, 7) is 3.25. The van der Waals surface area contributed by atoms with Crippen LogP contribution in [0, 0.1) is 5.92 Å². The van der Waals surface area contributed by atoms with Gasteiger partial charge in [-0.25, -0.2) is 9.97 Å². The molecule has 0 bridgehead atoms. The monoisotopic (exact) mass is 304 g/mol. The summed E-state index contributed by atoms with van der Waals surface area (Å²) in [5.74, 6) is -0.327. The number of hydrogen-bond donors (Lipinski definition) is 1. The normalized spacial score (nSPS) is 23.2. The average Bonchev–Trinajstić information content (AvgIpc) is 2.46. The Morgan fingerprint density at radius 2 is 2.10 bits per heavy atom. The summed E-state index contributed by atoms with van der Waals surface area (Å²) >= 11 is 0. The van der Waals surface area contributed by atoms with Crippen LogP contribution in [0.2, 0.25) is 0 Å². The van der Waals surface area contributed by atoms with Gasteiger partial charge in [-0.05, 0) is 12.3 Å². The number of alkyl halides is 3. The van der Waals surface area contributed by atoms with Crippen molar-refractivity contribution in [1.82, 2.24) is 9.97 Å². The Morgan fingerprint density at radius 1 is 1.38 bits per heavy atom. The van der Waals surface area contributed by atoms with Crippen LogP contribution < -0.4 is 10.2 Å². The van der Waals surface area contributed by atoms with Crippen molar-refractivity contribution >= 4 is 11.6 Å². The molecule has 5 nitrogen and oxygen atoms in total. The molecule has 1 aromatic heterocycles. The minimum absolute atomic E-state index is 0.0129. The predicted octanol–water partition coefficient (Wildman–Crippen LogP) is 2.40. The van der Waals surface area contributed by atoms with Crippen molar-refractivity contribution in [3.63, 3.8) is 0 Å². The zero-order chi connectivity index (χ0) is 15.6. The molecule has 1 fully saturated rings. The van der Waals surface area contributed by atoms with Gasteiger partial charge in [0.1, 0.15) is 11.6 Å². The number of methoxy groups -OCH3 is 1. The van der Waals surface area contributed by atoms with Crippen molar-refractivity contribution < 1.29 is 17.9 Å². The van der Waals surface area contributed by atoms with E-state index in [0.29, 0.717) is 19.0 Å². The van der Waals surface area contributed by atoms with E-state index in [2.05, 4.69) is 22.2 Å². The largest absolute Gasteiger partial charge is 0.451 e. The second-order valence-corrected chi connectivity index (χ2v) is 5.17. The molecular weight excluding hydrogens is 285 g/mol. The first-order valence-corrected chi connectivity index (χ1v) is 6.77. The number of aromatic nitrogens is 2. The van der Waals surface area contributed by atoms with Gasteiger partial charge in [0.25, 0.3) is 0 Å². The summed E-state index contributed by atoms with van der Waals surface area (Å²) in [6.07, 6.45) is -3.73. The SMILES string of the molecule is CNc1cc(N2CCC(C)C(OC)C2)nc(C(F)(F)F)n1.